The average Bonchev–Trinajstić information content (AvgIpc) is 3.03. The molecule has 2 aromatic carbocycles. The van der Waals surface area contributed by atoms with E-state index in [4.69, 9.17) is 4.42 Å². The zero-order valence-electron chi connectivity index (χ0n) is 13.5. The van der Waals surface area contributed by atoms with Crippen molar-refractivity contribution in [1.82, 2.24) is 9.55 Å². The molecule has 0 fully saturated rings. The predicted octanol–water partition coefficient (Wildman–Crippen LogP) is 3.31. The third-order valence-corrected chi connectivity index (χ3v) is 4.23. The van der Waals surface area contributed by atoms with Crippen LogP contribution in [0.5, 0.6) is 0 Å². The highest BCUT2D eigenvalue weighted by atomic mass is 19.1. The van der Waals surface area contributed by atoms with Crippen LogP contribution in [-0.2, 0) is 7.05 Å². The minimum absolute atomic E-state index is 0.369. The standard InChI is InChI=1S/C18H14FN3O3/c1-9-16(12-7-10(19)3-5-13(12)20-9)17(23)21-11-4-6-14-15(8-11)25-18(24)22(14)2/h3-8,20H,1-2H3,(H,21,23). The monoisotopic (exact) mass is 339 g/mol. The molecule has 0 radical (unpaired) electrons. The van der Waals surface area contributed by atoms with Gasteiger partial charge in [0.25, 0.3) is 5.91 Å². The van der Waals surface area contributed by atoms with Gasteiger partial charge in [0.05, 0.1) is 11.1 Å². The first-order valence-corrected chi connectivity index (χ1v) is 7.63. The SMILES string of the molecule is Cc1[nH]c2ccc(F)cc2c1C(=O)Nc1ccc2c(c1)oc(=O)n2C. The number of aryl methyl sites for hydroxylation is 2. The summed E-state index contributed by atoms with van der Waals surface area (Å²) in [5.41, 5.74) is 3.21. The van der Waals surface area contributed by atoms with Crippen LogP contribution in [0.15, 0.2) is 45.6 Å². The number of hydrogen-bond acceptors (Lipinski definition) is 3. The van der Waals surface area contributed by atoms with Crippen LogP contribution in [0.1, 0.15) is 16.1 Å². The molecule has 7 heteroatoms. The molecule has 0 atom stereocenters. The number of benzene rings is 2. The minimum Gasteiger partial charge on any atom is -0.408 e. The number of aromatic nitrogens is 2. The summed E-state index contributed by atoms with van der Waals surface area (Å²) in [6.45, 7) is 1.76. The number of fused-ring (bicyclic) bond motifs is 2. The molecule has 2 heterocycles. The predicted molar refractivity (Wildman–Crippen MR) is 92.4 cm³/mol. The normalized spacial score (nSPS) is 11.3. The van der Waals surface area contributed by atoms with Crippen LogP contribution in [-0.4, -0.2) is 15.5 Å². The van der Waals surface area contributed by atoms with E-state index in [1.807, 2.05) is 0 Å². The Labute approximate surface area is 140 Å². The number of carbonyl (C=O) groups excluding carboxylic acids is 1. The number of amides is 1. The smallest absolute Gasteiger partial charge is 0.408 e. The lowest BCUT2D eigenvalue weighted by Gasteiger charge is -2.05. The molecule has 0 bridgehead atoms. The average molecular weight is 339 g/mol. The molecule has 0 saturated carbocycles. The lowest BCUT2D eigenvalue weighted by molar-refractivity contribution is 0.102. The van der Waals surface area contributed by atoms with Crippen molar-refractivity contribution in [2.75, 3.05) is 5.32 Å². The van der Waals surface area contributed by atoms with E-state index < -0.39 is 11.6 Å². The summed E-state index contributed by atoms with van der Waals surface area (Å²) in [5.74, 6) is -1.25. The minimum atomic E-state index is -0.471. The number of H-pyrrole nitrogens is 1. The van der Waals surface area contributed by atoms with Crippen molar-refractivity contribution in [3.63, 3.8) is 0 Å². The van der Waals surface area contributed by atoms with Crippen LogP contribution in [0.3, 0.4) is 0 Å². The van der Waals surface area contributed by atoms with Gasteiger partial charge in [-0.25, -0.2) is 9.18 Å². The molecule has 4 rings (SSSR count). The fraction of sp³-hybridized carbons (Fsp3) is 0.111. The number of halogens is 1. The Hall–Kier alpha value is -3.35. The topological polar surface area (TPSA) is 80.0 Å². The fourth-order valence-corrected chi connectivity index (χ4v) is 3.00. The zero-order valence-corrected chi connectivity index (χ0v) is 13.5. The second-order valence-corrected chi connectivity index (χ2v) is 5.88. The first-order valence-electron chi connectivity index (χ1n) is 7.63. The number of aromatic amines is 1. The molecular weight excluding hydrogens is 325 g/mol. The molecule has 25 heavy (non-hydrogen) atoms. The second kappa shape index (κ2) is 5.34. The first-order chi connectivity index (χ1) is 11.9. The Kier molecular flexibility index (Phi) is 3.24. The lowest BCUT2D eigenvalue weighted by atomic mass is 10.1. The summed E-state index contributed by atoms with van der Waals surface area (Å²) in [7, 11) is 1.61. The van der Waals surface area contributed by atoms with E-state index in [1.165, 1.54) is 16.7 Å². The Morgan fingerprint density at radius 1 is 1.24 bits per heavy atom. The maximum absolute atomic E-state index is 13.5. The van der Waals surface area contributed by atoms with E-state index in [0.29, 0.717) is 38.9 Å². The third kappa shape index (κ3) is 2.40. The molecular formula is C18H14FN3O3. The summed E-state index contributed by atoms with van der Waals surface area (Å²) in [4.78, 5) is 27.3. The van der Waals surface area contributed by atoms with Gasteiger partial charge >= 0.3 is 5.76 Å². The van der Waals surface area contributed by atoms with Crippen molar-refractivity contribution in [3.05, 3.63) is 64.0 Å². The van der Waals surface area contributed by atoms with Gasteiger partial charge in [-0.2, -0.15) is 0 Å². The highest BCUT2D eigenvalue weighted by molar-refractivity contribution is 6.14. The van der Waals surface area contributed by atoms with Gasteiger partial charge in [-0.1, -0.05) is 0 Å². The molecule has 6 nitrogen and oxygen atoms in total. The van der Waals surface area contributed by atoms with E-state index in [-0.39, 0.29) is 5.91 Å². The van der Waals surface area contributed by atoms with E-state index in [2.05, 4.69) is 10.3 Å². The van der Waals surface area contributed by atoms with Crippen LogP contribution in [0, 0.1) is 12.7 Å². The van der Waals surface area contributed by atoms with Crippen molar-refractivity contribution in [2.24, 2.45) is 7.05 Å². The molecule has 2 N–H and O–H groups in total. The molecule has 126 valence electrons. The Morgan fingerprint density at radius 3 is 2.84 bits per heavy atom. The summed E-state index contributed by atoms with van der Waals surface area (Å²) in [5, 5.41) is 3.28. The Balaban J connectivity index is 1.74. The van der Waals surface area contributed by atoms with Crippen LogP contribution in [0.2, 0.25) is 0 Å². The Morgan fingerprint density at radius 2 is 2.04 bits per heavy atom. The molecule has 0 aliphatic rings. The summed E-state index contributed by atoms with van der Waals surface area (Å²) in [6, 6.07) is 9.22. The fourth-order valence-electron chi connectivity index (χ4n) is 3.00. The van der Waals surface area contributed by atoms with Crippen LogP contribution in [0.25, 0.3) is 22.0 Å². The molecule has 0 aliphatic carbocycles. The van der Waals surface area contributed by atoms with Gasteiger partial charge in [0, 0.05) is 35.4 Å². The quantitative estimate of drug-likeness (QED) is 0.588. The van der Waals surface area contributed by atoms with Gasteiger partial charge in [-0.15, -0.1) is 0 Å². The van der Waals surface area contributed by atoms with Gasteiger partial charge in [0.15, 0.2) is 5.58 Å². The lowest BCUT2D eigenvalue weighted by Crippen LogP contribution is -2.12. The number of hydrogen-bond donors (Lipinski definition) is 2. The number of oxazole rings is 1. The molecule has 0 saturated heterocycles. The van der Waals surface area contributed by atoms with Gasteiger partial charge < -0.3 is 14.7 Å². The summed E-state index contributed by atoms with van der Waals surface area (Å²) < 4.78 is 20.0. The van der Waals surface area contributed by atoms with Gasteiger partial charge in [0.2, 0.25) is 0 Å². The molecule has 0 unspecified atom stereocenters. The van der Waals surface area contributed by atoms with Crippen molar-refractivity contribution in [1.29, 1.82) is 0 Å². The van der Waals surface area contributed by atoms with Crippen molar-refractivity contribution in [2.45, 2.75) is 6.92 Å². The second-order valence-electron chi connectivity index (χ2n) is 5.88. The molecule has 0 aliphatic heterocycles. The van der Waals surface area contributed by atoms with E-state index in [0.717, 1.165) is 0 Å². The summed E-state index contributed by atoms with van der Waals surface area (Å²) in [6.07, 6.45) is 0. The molecule has 0 spiro atoms. The van der Waals surface area contributed by atoms with Crippen molar-refractivity contribution in [3.8, 4) is 0 Å². The van der Waals surface area contributed by atoms with E-state index >= 15 is 0 Å². The molecule has 4 aromatic rings. The molecule has 2 aromatic heterocycles. The highest BCUT2D eigenvalue weighted by Crippen LogP contribution is 2.25. The van der Waals surface area contributed by atoms with Gasteiger partial charge in [0.1, 0.15) is 5.82 Å². The number of carbonyl (C=O) groups is 1. The molecule has 1 amide bonds. The number of anilines is 1. The van der Waals surface area contributed by atoms with Gasteiger partial charge in [-0.3, -0.25) is 9.36 Å². The van der Waals surface area contributed by atoms with Crippen molar-refractivity contribution >= 4 is 33.6 Å². The largest absolute Gasteiger partial charge is 0.419 e. The van der Waals surface area contributed by atoms with Crippen molar-refractivity contribution < 1.29 is 13.6 Å². The van der Waals surface area contributed by atoms with Crippen LogP contribution < -0.4 is 11.1 Å². The highest BCUT2D eigenvalue weighted by Gasteiger charge is 2.17. The third-order valence-electron chi connectivity index (χ3n) is 4.23. The van der Waals surface area contributed by atoms with Gasteiger partial charge in [-0.05, 0) is 37.3 Å². The summed E-state index contributed by atoms with van der Waals surface area (Å²) >= 11 is 0. The zero-order chi connectivity index (χ0) is 17.7. The van der Waals surface area contributed by atoms with E-state index in [9.17, 15) is 14.0 Å². The maximum atomic E-state index is 13.5. The number of nitrogens with one attached hydrogen (secondary N) is 2. The Bertz CT molecular complexity index is 1200. The number of nitrogens with zero attached hydrogens (tertiary/aromatic N) is 1. The van der Waals surface area contributed by atoms with Crippen LogP contribution >= 0.6 is 0 Å². The van der Waals surface area contributed by atoms with E-state index in [1.54, 1.807) is 38.2 Å². The van der Waals surface area contributed by atoms with Crippen LogP contribution in [0.4, 0.5) is 10.1 Å². The number of rotatable bonds is 2. The first kappa shape index (κ1) is 15.2. The maximum Gasteiger partial charge on any atom is 0.419 e.